The maximum Gasteiger partial charge on any atom is 0.301 e. The van der Waals surface area contributed by atoms with Gasteiger partial charge in [-0.3, -0.25) is 20.0 Å². The lowest BCUT2D eigenvalue weighted by Crippen LogP contribution is -2.13. The fourth-order valence-corrected chi connectivity index (χ4v) is 3.66. The highest BCUT2D eigenvalue weighted by Crippen LogP contribution is 2.27. The van der Waals surface area contributed by atoms with Crippen LogP contribution in [-0.2, 0) is 0 Å². The van der Waals surface area contributed by atoms with Gasteiger partial charge in [0.05, 0.1) is 22.0 Å². The molecule has 4 aromatic rings. The number of thiazole rings is 1. The molecule has 0 atom stereocenters. The molecule has 2 heterocycles. The number of rotatable bonds is 5. The van der Waals surface area contributed by atoms with E-state index in [2.05, 4.69) is 20.3 Å². The van der Waals surface area contributed by atoms with E-state index in [0.717, 1.165) is 5.56 Å². The van der Waals surface area contributed by atoms with Gasteiger partial charge in [0.1, 0.15) is 0 Å². The third-order valence-corrected chi connectivity index (χ3v) is 5.17. The molecule has 0 aliphatic carbocycles. The number of benzene rings is 2. The van der Waals surface area contributed by atoms with Gasteiger partial charge in [-0.2, -0.15) is 9.80 Å². The van der Waals surface area contributed by atoms with Crippen molar-refractivity contribution in [2.45, 2.75) is 13.8 Å². The summed E-state index contributed by atoms with van der Waals surface area (Å²) >= 11 is 1.24. The van der Waals surface area contributed by atoms with Crippen LogP contribution in [0.2, 0.25) is 0 Å². The molecule has 2 aromatic heterocycles. The largest absolute Gasteiger partial charge is 0.301 e. The Labute approximate surface area is 174 Å². The third kappa shape index (κ3) is 3.80. The van der Waals surface area contributed by atoms with Crippen molar-refractivity contribution in [1.29, 1.82) is 0 Å². The zero-order valence-electron chi connectivity index (χ0n) is 16.1. The number of H-pyrrole nitrogens is 1. The van der Waals surface area contributed by atoms with Gasteiger partial charge in [-0.1, -0.05) is 24.3 Å². The molecular formula is C20H16N6O3S. The number of azo groups is 1. The first-order valence-corrected chi connectivity index (χ1v) is 9.81. The molecule has 0 saturated heterocycles. The van der Waals surface area contributed by atoms with Gasteiger partial charge in [-0.15, -0.1) is 16.5 Å². The minimum Gasteiger partial charge on any atom is -0.291 e. The zero-order chi connectivity index (χ0) is 21.3. The first-order chi connectivity index (χ1) is 14.4. The molecule has 30 heavy (non-hydrogen) atoms. The number of non-ortho nitro benzene ring substituents is 1. The number of aryl methyl sites for hydroxylation is 2. The number of aromatic nitrogens is 3. The third-order valence-electron chi connectivity index (χ3n) is 4.34. The van der Waals surface area contributed by atoms with Crippen LogP contribution >= 0.6 is 11.3 Å². The monoisotopic (exact) mass is 420 g/mol. The van der Waals surface area contributed by atoms with Crippen LogP contribution in [-0.4, -0.2) is 19.7 Å². The fraction of sp³-hybridized carbons (Fsp3) is 0.100. The minimum absolute atomic E-state index is 0.0196. The predicted octanol–water partition coefficient (Wildman–Crippen LogP) is 5.23. The molecule has 0 spiro atoms. The lowest BCUT2D eigenvalue weighted by Gasteiger charge is -1.97. The number of nitro groups is 1. The Morgan fingerprint density at radius 3 is 2.70 bits per heavy atom. The average Bonchev–Trinajstić information content (AvgIpc) is 3.32. The maximum atomic E-state index is 12.8. The molecule has 4 rings (SSSR count). The van der Waals surface area contributed by atoms with Crippen LogP contribution in [0.3, 0.4) is 0 Å². The molecule has 150 valence electrons. The summed E-state index contributed by atoms with van der Waals surface area (Å²) in [7, 11) is 0. The van der Waals surface area contributed by atoms with Crippen molar-refractivity contribution in [2.75, 3.05) is 0 Å². The molecule has 9 nitrogen and oxygen atoms in total. The van der Waals surface area contributed by atoms with E-state index in [0.29, 0.717) is 27.8 Å². The highest BCUT2D eigenvalue weighted by Gasteiger charge is 2.16. The lowest BCUT2D eigenvalue weighted by molar-refractivity contribution is -0.384. The number of nitro benzene ring substituents is 1. The molecule has 0 aliphatic heterocycles. The molecular weight excluding hydrogens is 404 g/mol. The topological polar surface area (TPSA) is 119 Å². The summed E-state index contributed by atoms with van der Waals surface area (Å²) < 4.78 is 1.30. The van der Waals surface area contributed by atoms with Crippen molar-refractivity contribution in [3.8, 4) is 16.4 Å². The van der Waals surface area contributed by atoms with Gasteiger partial charge in [0.25, 0.3) is 5.69 Å². The molecule has 0 bridgehead atoms. The second-order valence-corrected chi connectivity index (χ2v) is 7.42. The Bertz CT molecular complexity index is 1330. The number of hydrogen-bond donors (Lipinski definition) is 1. The van der Waals surface area contributed by atoms with Crippen molar-refractivity contribution in [3.05, 3.63) is 85.6 Å². The number of aromatic amines is 1. The number of nitrogens with zero attached hydrogens (tertiary/aromatic N) is 5. The van der Waals surface area contributed by atoms with Gasteiger partial charge in [0.2, 0.25) is 5.13 Å². The van der Waals surface area contributed by atoms with Gasteiger partial charge in [0, 0.05) is 23.1 Å². The van der Waals surface area contributed by atoms with Crippen LogP contribution in [0.15, 0.2) is 68.9 Å². The van der Waals surface area contributed by atoms with Gasteiger partial charge < -0.3 is 0 Å². The number of hydrogen-bond acceptors (Lipinski definition) is 7. The van der Waals surface area contributed by atoms with Crippen LogP contribution in [0.25, 0.3) is 16.4 Å². The lowest BCUT2D eigenvalue weighted by atomic mass is 10.1. The summed E-state index contributed by atoms with van der Waals surface area (Å²) in [6, 6.07) is 13.7. The van der Waals surface area contributed by atoms with Crippen LogP contribution in [0.4, 0.5) is 17.1 Å². The van der Waals surface area contributed by atoms with E-state index in [9.17, 15) is 14.9 Å². The van der Waals surface area contributed by atoms with Gasteiger partial charge in [-0.25, -0.2) is 4.98 Å². The van der Waals surface area contributed by atoms with Crippen LogP contribution < -0.4 is 5.56 Å². The van der Waals surface area contributed by atoms with E-state index in [1.165, 1.54) is 28.2 Å². The normalized spacial score (nSPS) is 11.3. The van der Waals surface area contributed by atoms with E-state index in [1.807, 2.05) is 31.2 Å². The Morgan fingerprint density at radius 2 is 1.93 bits per heavy atom. The van der Waals surface area contributed by atoms with Crippen molar-refractivity contribution in [3.63, 3.8) is 0 Å². The Kier molecular flexibility index (Phi) is 5.07. The summed E-state index contributed by atoms with van der Waals surface area (Å²) in [5.74, 6) is 0. The average molecular weight is 420 g/mol. The van der Waals surface area contributed by atoms with E-state index in [1.54, 1.807) is 24.4 Å². The summed E-state index contributed by atoms with van der Waals surface area (Å²) in [4.78, 5) is 27.8. The standard InChI is InChI=1S/C20H16N6O3S/c1-12-5-3-7-15(9-12)22-23-18-13(2)24-25(19(18)27)20-21-17(11-30-20)14-6-4-8-16(10-14)26(28)29/h3-11,24H,1-2H3. The van der Waals surface area contributed by atoms with Crippen molar-refractivity contribution >= 4 is 28.4 Å². The molecule has 0 radical (unpaired) electrons. The highest BCUT2D eigenvalue weighted by atomic mass is 32.1. The Hall–Kier alpha value is -3.92. The van der Waals surface area contributed by atoms with Gasteiger partial charge in [-0.05, 0) is 31.5 Å². The molecule has 10 heteroatoms. The van der Waals surface area contributed by atoms with Gasteiger partial charge >= 0.3 is 5.56 Å². The molecule has 0 aliphatic rings. The van der Waals surface area contributed by atoms with Crippen LogP contribution in [0, 0.1) is 24.0 Å². The molecule has 0 amide bonds. The second-order valence-electron chi connectivity index (χ2n) is 6.59. The van der Waals surface area contributed by atoms with E-state index < -0.39 is 4.92 Å². The van der Waals surface area contributed by atoms with E-state index in [4.69, 9.17) is 0 Å². The van der Waals surface area contributed by atoms with E-state index >= 15 is 0 Å². The molecule has 0 saturated carbocycles. The smallest absolute Gasteiger partial charge is 0.291 e. The molecule has 2 aromatic carbocycles. The van der Waals surface area contributed by atoms with Gasteiger partial charge in [0.15, 0.2) is 5.69 Å². The summed E-state index contributed by atoms with van der Waals surface area (Å²) in [6.45, 7) is 3.69. The van der Waals surface area contributed by atoms with Crippen LogP contribution in [0.5, 0.6) is 0 Å². The SMILES string of the molecule is Cc1cccc(N=Nc2c(C)[nH]n(-c3nc(-c4cccc([N+](=O)[O-])c4)cs3)c2=O)c1. The molecule has 1 N–H and O–H groups in total. The minimum atomic E-state index is -0.457. The summed E-state index contributed by atoms with van der Waals surface area (Å²) in [5, 5.41) is 24.4. The molecule has 0 unspecified atom stereocenters. The first-order valence-electron chi connectivity index (χ1n) is 8.93. The highest BCUT2D eigenvalue weighted by molar-refractivity contribution is 7.12. The fourth-order valence-electron chi connectivity index (χ4n) is 2.87. The molecule has 0 fully saturated rings. The van der Waals surface area contributed by atoms with Crippen LogP contribution in [0.1, 0.15) is 11.3 Å². The van der Waals surface area contributed by atoms with Crippen molar-refractivity contribution in [2.24, 2.45) is 10.2 Å². The predicted molar refractivity (Wildman–Crippen MR) is 114 cm³/mol. The van der Waals surface area contributed by atoms with Crippen molar-refractivity contribution < 1.29 is 4.92 Å². The van der Waals surface area contributed by atoms with Crippen molar-refractivity contribution in [1.82, 2.24) is 14.8 Å². The summed E-state index contributed by atoms with van der Waals surface area (Å²) in [5.41, 5.74) is 3.21. The zero-order valence-corrected chi connectivity index (χ0v) is 16.9. The number of nitrogens with one attached hydrogen (secondary N) is 1. The Balaban J connectivity index is 1.66. The van der Waals surface area contributed by atoms with E-state index in [-0.39, 0.29) is 16.9 Å². The quantitative estimate of drug-likeness (QED) is 0.270. The maximum absolute atomic E-state index is 12.8. The first kappa shape index (κ1) is 19.4. The summed E-state index contributed by atoms with van der Waals surface area (Å²) in [6.07, 6.45) is 0. The second kappa shape index (κ2) is 7.84. The Morgan fingerprint density at radius 1 is 1.13 bits per heavy atom.